The number of nitrogens with zero attached hydrogens (tertiary/aromatic N) is 3. The third kappa shape index (κ3) is 4.44. The Morgan fingerprint density at radius 2 is 1.96 bits per heavy atom. The zero-order chi connectivity index (χ0) is 18.4. The molecule has 0 saturated carbocycles. The first-order chi connectivity index (χ1) is 12.6. The van der Waals surface area contributed by atoms with Crippen LogP contribution < -0.4 is 5.32 Å². The Hall–Kier alpha value is -3.68. The van der Waals surface area contributed by atoms with Gasteiger partial charge in [-0.05, 0) is 35.9 Å². The summed E-state index contributed by atoms with van der Waals surface area (Å²) in [6, 6.07) is 12.5. The van der Waals surface area contributed by atoms with Crippen LogP contribution in [0.4, 0.5) is 16.2 Å². The third-order valence-corrected chi connectivity index (χ3v) is 3.64. The number of pyridine rings is 1. The average molecular weight is 352 g/mol. The van der Waals surface area contributed by atoms with Gasteiger partial charge in [0, 0.05) is 36.8 Å². The minimum absolute atomic E-state index is 0.0363. The third-order valence-electron chi connectivity index (χ3n) is 3.64. The molecule has 8 nitrogen and oxygen atoms in total. The first-order valence-electron chi connectivity index (χ1n) is 7.83. The second-order valence-corrected chi connectivity index (χ2v) is 5.53. The summed E-state index contributed by atoms with van der Waals surface area (Å²) in [4.78, 5) is 28.5. The van der Waals surface area contributed by atoms with Crippen LogP contribution >= 0.6 is 0 Å². The number of urea groups is 1. The van der Waals surface area contributed by atoms with Crippen molar-refractivity contribution in [3.05, 3.63) is 88.6 Å². The zero-order valence-electron chi connectivity index (χ0n) is 13.7. The van der Waals surface area contributed by atoms with Gasteiger partial charge in [0.05, 0.1) is 17.7 Å². The number of non-ortho nitro benzene ring substituents is 1. The highest BCUT2D eigenvalue weighted by atomic mass is 16.6. The van der Waals surface area contributed by atoms with Crippen LogP contribution in [0.25, 0.3) is 0 Å². The van der Waals surface area contributed by atoms with Gasteiger partial charge in [-0.2, -0.15) is 0 Å². The number of nitro benzene ring substituents is 1. The lowest BCUT2D eigenvalue weighted by Gasteiger charge is -2.22. The number of benzene rings is 1. The van der Waals surface area contributed by atoms with Crippen LogP contribution in [0, 0.1) is 10.1 Å². The van der Waals surface area contributed by atoms with E-state index in [-0.39, 0.29) is 18.3 Å². The Morgan fingerprint density at radius 3 is 2.58 bits per heavy atom. The molecule has 0 aliphatic heterocycles. The van der Waals surface area contributed by atoms with Crippen LogP contribution in [0.5, 0.6) is 0 Å². The van der Waals surface area contributed by atoms with Gasteiger partial charge in [0.1, 0.15) is 5.76 Å². The highest BCUT2D eigenvalue weighted by Gasteiger charge is 2.17. The summed E-state index contributed by atoms with van der Waals surface area (Å²) in [6.45, 7) is 0.619. The van der Waals surface area contributed by atoms with E-state index < -0.39 is 4.92 Å². The highest BCUT2D eigenvalue weighted by molar-refractivity contribution is 5.89. The van der Waals surface area contributed by atoms with Crippen LogP contribution in [-0.2, 0) is 13.1 Å². The summed E-state index contributed by atoms with van der Waals surface area (Å²) in [5.74, 6) is 0.646. The predicted molar refractivity (Wildman–Crippen MR) is 94.3 cm³/mol. The normalized spacial score (nSPS) is 10.3. The van der Waals surface area contributed by atoms with E-state index in [2.05, 4.69) is 10.3 Å². The molecule has 2 heterocycles. The molecule has 0 bridgehead atoms. The number of hydrogen-bond donors (Lipinski definition) is 1. The van der Waals surface area contributed by atoms with Crippen molar-refractivity contribution in [3.8, 4) is 0 Å². The standard InChI is InChI=1S/C18H16N4O4/c23-18(20-15-5-7-16(8-6-15)22(24)25)21(13-17-4-2-10-26-17)12-14-3-1-9-19-11-14/h1-11H,12-13H2,(H,20,23). The molecule has 0 fully saturated rings. The summed E-state index contributed by atoms with van der Waals surface area (Å²) in [6.07, 6.45) is 4.90. The van der Waals surface area contributed by atoms with E-state index in [9.17, 15) is 14.9 Å². The average Bonchev–Trinajstić information content (AvgIpc) is 3.15. The fourth-order valence-electron chi connectivity index (χ4n) is 2.37. The molecule has 0 aliphatic rings. The van der Waals surface area contributed by atoms with Crippen LogP contribution in [0.15, 0.2) is 71.6 Å². The quantitative estimate of drug-likeness (QED) is 0.537. The second-order valence-electron chi connectivity index (χ2n) is 5.53. The Labute approximate surface area is 149 Å². The van der Waals surface area contributed by atoms with Crippen molar-refractivity contribution in [3.63, 3.8) is 0 Å². The lowest BCUT2D eigenvalue weighted by molar-refractivity contribution is -0.384. The minimum Gasteiger partial charge on any atom is -0.467 e. The monoisotopic (exact) mass is 352 g/mol. The Balaban J connectivity index is 1.74. The zero-order valence-corrected chi connectivity index (χ0v) is 13.7. The molecule has 26 heavy (non-hydrogen) atoms. The molecule has 8 heteroatoms. The molecule has 0 saturated heterocycles. The number of furan rings is 1. The molecule has 0 atom stereocenters. The van der Waals surface area contributed by atoms with Crippen molar-refractivity contribution in [2.45, 2.75) is 13.1 Å². The predicted octanol–water partition coefficient (Wildman–Crippen LogP) is 3.82. The first-order valence-corrected chi connectivity index (χ1v) is 7.83. The van der Waals surface area contributed by atoms with Gasteiger partial charge in [-0.3, -0.25) is 15.1 Å². The van der Waals surface area contributed by atoms with Crippen LogP contribution in [-0.4, -0.2) is 20.8 Å². The summed E-state index contributed by atoms with van der Waals surface area (Å²) in [5, 5.41) is 13.5. The summed E-state index contributed by atoms with van der Waals surface area (Å²) in [7, 11) is 0. The fraction of sp³-hybridized carbons (Fsp3) is 0.111. The lowest BCUT2D eigenvalue weighted by Crippen LogP contribution is -2.34. The minimum atomic E-state index is -0.489. The van der Waals surface area contributed by atoms with E-state index in [1.807, 2.05) is 6.07 Å². The number of carbonyl (C=O) groups is 1. The topological polar surface area (TPSA) is 102 Å². The molecule has 3 aromatic rings. The molecule has 3 rings (SSSR count). The van der Waals surface area contributed by atoms with E-state index in [1.54, 1.807) is 41.8 Å². The molecule has 132 valence electrons. The van der Waals surface area contributed by atoms with Crippen molar-refractivity contribution in [2.75, 3.05) is 5.32 Å². The summed E-state index contributed by atoms with van der Waals surface area (Å²) >= 11 is 0. The molecule has 1 aromatic carbocycles. The molecular weight excluding hydrogens is 336 g/mol. The number of rotatable bonds is 6. The molecule has 1 N–H and O–H groups in total. The summed E-state index contributed by atoms with van der Waals surface area (Å²) in [5.41, 5.74) is 1.31. The van der Waals surface area contributed by atoms with E-state index in [1.165, 1.54) is 24.3 Å². The van der Waals surface area contributed by atoms with Crippen molar-refractivity contribution in [1.82, 2.24) is 9.88 Å². The number of nitrogens with one attached hydrogen (secondary N) is 1. The number of carbonyl (C=O) groups excluding carboxylic acids is 1. The number of aromatic nitrogens is 1. The second kappa shape index (κ2) is 7.93. The largest absolute Gasteiger partial charge is 0.467 e. The van der Waals surface area contributed by atoms with Crippen molar-refractivity contribution >= 4 is 17.4 Å². The Kier molecular flexibility index (Phi) is 5.23. The molecular formula is C18H16N4O4. The maximum absolute atomic E-state index is 12.7. The van der Waals surface area contributed by atoms with E-state index in [4.69, 9.17) is 4.42 Å². The molecule has 2 aromatic heterocycles. The number of hydrogen-bond acceptors (Lipinski definition) is 5. The van der Waals surface area contributed by atoms with Crippen molar-refractivity contribution in [2.24, 2.45) is 0 Å². The maximum atomic E-state index is 12.7. The van der Waals surface area contributed by atoms with Gasteiger partial charge in [-0.25, -0.2) is 4.79 Å². The smallest absolute Gasteiger partial charge is 0.322 e. The summed E-state index contributed by atoms with van der Waals surface area (Å²) < 4.78 is 5.33. The molecule has 0 aliphatic carbocycles. The molecule has 0 spiro atoms. The van der Waals surface area contributed by atoms with Gasteiger partial charge in [-0.1, -0.05) is 6.07 Å². The van der Waals surface area contributed by atoms with Gasteiger partial charge in [0.25, 0.3) is 5.69 Å². The van der Waals surface area contributed by atoms with E-state index in [0.29, 0.717) is 18.0 Å². The van der Waals surface area contributed by atoms with Gasteiger partial charge >= 0.3 is 6.03 Å². The Bertz CT molecular complexity index is 864. The number of amides is 2. The van der Waals surface area contributed by atoms with Gasteiger partial charge in [0.15, 0.2) is 0 Å². The van der Waals surface area contributed by atoms with Crippen LogP contribution in [0.1, 0.15) is 11.3 Å². The highest BCUT2D eigenvalue weighted by Crippen LogP contribution is 2.17. The molecule has 0 unspecified atom stereocenters. The van der Waals surface area contributed by atoms with E-state index >= 15 is 0 Å². The number of anilines is 1. The SMILES string of the molecule is O=C(Nc1ccc([N+](=O)[O-])cc1)N(Cc1cccnc1)Cc1ccco1. The first kappa shape index (κ1) is 17.2. The van der Waals surface area contributed by atoms with Crippen molar-refractivity contribution < 1.29 is 14.1 Å². The fourth-order valence-corrected chi connectivity index (χ4v) is 2.37. The molecule has 0 radical (unpaired) electrons. The molecule has 2 amide bonds. The van der Waals surface area contributed by atoms with Gasteiger partial charge in [0.2, 0.25) is 0 Å². The Morgan fingerprint density at radius 1 is 1.15 bits per heavy atom. The van der Waals surface area contributed by atoms with Crippen molar-refractivity contribution in [1.29, 1.82) is 0 Å². The lowest BCUT2D eigenvalue weighted by atomic mass is 10.2. The van der Waals surface area contributed by atoms with Crippen LogP contribution in [0.2, 0.25) is 0 Å². The van der Waals surface area contributed by atoms with Crippen LogP contribution in [0.3, 0.4) is 0 Å². The van der Waals surface area contributed by atoms with Gasteiger partial charge in [-0.15, -0.1) is 0 Å². The number of nitro groups is 1. The maximum Gasteiger partial charge on any atom is 0.322 e. The van der Waals surface area contributed by atoms with Gasteiger partial charge < -0.3 is 14.6 Å². The van der Waals surface area contributed by atoms with E-state index in [0.717, 1.165) is 5.56 Å².